The van der Waals surface area contributed by atoms with E-state index in [-0.39, 0.29) is 18.4 Å². The highest BCUT2D eigenvalue weighted by molar-refractivity contribution is 6.04. The number of carbonyl (C=O) groups excluding carboxylic acids is 2. The van der Waals surface area contributed by atoms with Crippen LogP contribution < -0.4 is 24.8 Å². The van der Waals surface area contributed by atoms with E-state index in [0.717, 1.165) is 0 Å². The molecule has 0 spiro atoms. The van der Waals surface area contributed by atoms with Crippen LogP contribution in [0.15, 0.2) is 66.7 Å². The molecule has 1 heterocycles. The molecule has 11 nitrogen and oxygen atoms in total. The molecule has 2 amide bonds. The SMILES string of the molecule is COc1ccc(C(=O)Nc2ccc(-c3nnn(CC(=O)Nc4ccc(OC)cc4OC)n3)cc2)cc1. The lowest BCUT2D eigenvalue weighted by Gasteiger charge is -2.11. The van der Waals surface area contributed by atoms with E-state index in [2.05, 4.69) is 26.0 Å². The zero-order chi connectivity index (χ0) is 25.5. The Morgan fingerprint density at radius 3 is 2.19 bits per heavy atom. The van der Waals surface area contributed by atoms with Crippen LogP contribution >= 0.6 is 0 Å². The van der Waals surface area contributed by atoms with E-state index < -0.39 is 0 Å². The maximum absolute atomic E-state index is 12.5. The first-order chi connectivity index (χ1) is 17.5. The summed E-state index contributed by atoms with van der Waals surface area (Å²) in [6, 6.07) is 18.9. The Bertz CT molecular complexity index is 1350. The molecule has 1 aromatic heterocycles. The fraction of sp³-hybridized carbons (Fsp3) is 0.160. The Balaban J connectivity index is 1.36. The van der Waals surface area contributed by atoms with Crippen LogP contribution in [0.2, 0.25) is 0 Å². The standard InChI is InChI=1S/C25H24N6O5/c1-34-19-10-6-17(7-11-19)25(33)26-18-8-4-16(5-9-18)24-28-30-31(29-24)15-23(32)27-21-13-12-20(35-2)14-22(21)36-3/h4-14H,15H2,1-3H3,(H,26,33)(H,27,32). The minimum atomic E-state index is -0.348. The highest BCUT2D eigenvalue weighted by Crippen LogP contribution is 2.29. The predicted octanol–water partition coefficient (Wildman–Crippen LogP) is 3.26. The number of aromatic nitrogens is 4. The number of amides is 2. The highest BCUT2D eigenvalue weighted by Gasteiger charge is 2.13. The van der Waals surface area contributed by atoms with Gasteiger partial charge in [-0.3, -0.25) is 9.59 Å². The summed E-state index contributed by atoms with van der Waals surface area (Å²) in [4.78, 5) is 26.1. The number of nitrogens with one attached hydrogen (secondary N) is 2. The molecule has 0 saturated carbocycles. The Hall–Kier alpha value is -4.93. The minimum absolute atomic E-state index is 0.141. The number of hydrogen-bond donors (Lipinski definition) is 2. The zero-order valence-corrected chi connectivity index (χ0v) is 19.9. The lowest BCUT2D eigenvalue weighted by Crippen LogP contribution is -2.20. The number of benzene rings is 3. The van der Waals surface area contributed by atoms with E-state index in [1.54, 1.807) is 80.9 Å². The summed E-state index contributed by atoms with van der Waals surface area (Å²) in [7, 11) is 4.62. The van der Waals surface area contributed by atoms with Gasteiger partial charge in [-0.2, -0.15) is 4.80 Å². The van der Waals surface area contributed by atoms with Crippen molar-refractivity contribution in [2.24, 2.45) is 0 Å². The summed E-state index contributed by atoms with van der Waals surface area (Å²) in [5.74, 6) is 1.51. The van der Waals surface area contributed by atoms with Gasteiger partial charge in [0.2, 0.25) is 11.7 Å². The van der Waals surface area contributed by atoms with Crippen LogP contribution in [-0.2, 0) is 11.3 Å². The smallest absolute Gasteiger partial charge is 0.255 e. The zero-order valence-electron chi connectivity index (χ0n) is 19.9. The number of hydrogen-bond acceptors (Lipinski definition) is 8. The van der Waals surface area contributed by atoms with Crippen molar-refractivity contribution >= 4 is 23.2 Å². The fourth-order valence-electron chi connectivity index (χ4n) is 3.29. The summed E-state index contributed by atoms with van der Waals surface area (Å²) in [5, 5.41) is 17.8. The molecule has 0 atom stereocenters. The maximum atomic E-state index is 12.5. The van der Waals surface area contributed by atoms with Gasteiger partial charge in [-0.05, 0) is 65.9 Å². The molecule has 0 unspecified atom stereocenters. The normalized spacial score (nSPS) is 10.4. The number of ether oxygens (including phenoxy) is 3. The number of rotatable bonds is 9. The van der Waals surface area contributed by atoms with Crippen LogP contribution in [0.1, 0.15) is 10.4 Å². The van der Waals surface area contributed by atoms with Crippen molar-refractivity contribution in [3.05, 3.63) is 72.3 Å². The average Bonchev–Trinajstić information content (AvgIpc) is 3.37. The van der Waals surface area contributed by atoms with Gasteiger partial charge in [0.25, 0.3) is 5.91 Å². The number of tetrazole rings is 1. The number of carbonyl (C=O) groups is 2. The van der Waals surface area contributed by atoms with Gasteiger partial charge in [0.1, 0.15) is 23.8 Å². The van der Waals surface area contributed by atoms with Gasteiger partial charge < -0.3 is 24.8 Å². The molecule has 0 saturated heterocycles. The molecule has 2 N–H and O–H groups in total. The van der Waals surface area contributed by atoms with Crippen molar-refractivity contribution in [1.82, 2.24) is 20.2 Å². The second-order valence-corrected chi connectivity index (χ2v) is 7.52. The molecule has 0 fully saturated rings. The number of methoxy groups -OCH3 is 3. The Morgan fingerprint density at radius 1 is 0.833 bits per heavy atom. The molecular formula is C25H24N6O5. The van der Waals surface area contributed by atoms with Gasteiger partial charge in [0.15, 0.2) is 0 Å². The third-order valence-electron chi connectivity index (χ3n) is 5.17. The molecule has 3 aromatic carbocycles. The fourth-order valence-corrected chi connectivity index (χ4v) is 3.29. The molecule has 0 bridgehead atoms. The van der Waals surface area contributed by atoms with Crippen LogP contribution in [-0.4, -0.2) is 53.4 Å². The third-order valence-corrected chi connectivity index (χ3v) is 5.17. The van der Waals surface area contributed by atoms with Crippen LogP contribution in [0, 0.1) is 0 Å². The molecule has 36 heavy (non-hydrogen) atoms. The summed E-state index contributed by atoms with van der Waals surface area (Å²) in [6.07, 6.45) is 0. The largest absolute Gasteiger partial charge is 0.497 e. The molecule has 184 valence electrons. The molecule has 0 aliphatic rings. The van der Waals surface area contributed by atoms with E-state index in [4.69, 9.17) is 14.2 Å². The molecule has 0 aliphatic heterocycles. The van der Waals surface area contributed by atoms with E-state index in [9.17, 15) is 9.59 Å². The molecular weight excluding hydrogens is 464 g/mol. The van der Waals surface area contributed by atoms with Crippen molar-refractivity contribution in [3.8, 4) is 28.6 Å². The van der Waals surface area contributed by atoms with E-state index in [0.29, 0.717) is 45.6 Å². The van der Waals surface area contributed by atoms with Gasteiger partial charge in [0, 0.05) is 22.9 Å². The van der Waals surface area contributed by atoms with Crippen molar-refractivity contribution < 1.29 is 23.8 Å². The van der Waals surface area contributed by atoms with E-state index in [1.807, 2.05) is 0 Å². The van der Waals surface area contributed by atoms with Crippen molar-refractivity contribution in [3.63, 3.8) is 0 Å². The Labute approximate surface area is 207 Å². The van der Waals surface area contributed by atoms with Crippen LogP contribution in [0.25, 0.3) is 11.4 Å². The lowest BCUT2D eigenvalue weighted by atomic mass is 10.1. The molecule has 0 radical (unpaired) electrons. The van der Waals surface area contributed by atoms with E-state index >= 15 is 0 Å². The van der Waals surface area contributed by atoms with Crippen LogP contribution in [0.4, 0.5) is 11.4 Å². The molecule has 0 aliphatic carbocycles. The van der Waals surface area contributed by atoms with Gasteiger partial charge in [-0.15, -0.1) is 10.2 Å². The van der Waals surface area contributed by atoms with Crippen LogP contribution in [0.3, 0.4) is 0 Å². The molecule has 4 aromatic rings. The van der Waals surface area contributed by atoms with Gasteiger partial charge in [-0.1, -0.05) is 0 Å². The summed E-state index contributed by atoms with van der Waals surface area (Å²) in [6.45, 7) is -0.141. The topological polar surface area (TPSA) is 129 Å². The lowest BCUT2D eigenvalue weighted by molar-refractivity contribution is -0.117. The average molecular weight is 489 g/mol. The first-order valence-corrected chi connectivity index (χ1v) is 10.8. The Kier molecular flexibility index (Phi) is 7.39. The van der Waals surface area contributed by atoms with Crippen molar-refractivity contribution in [2.75, 3.05) is 32.0 Å². The highest BCUT2D eigenvalue weighted by atomic mass is 16.5. The first-order valence-electron chi connectivity index (χ1n) is 10.8. The molecule has 11 heteroatoms. The second-order valence-electron chi connectivity index (χ2n) is 7.52. The van der Waals surface area contributed by atoms with Crippen molar-refractivity contribution in [2.45, 2.75) is 6.54 Å². The summed E-state index contributed by atoms with van der Waals surface area (Å²) >= 11 is 0. The summed E-state index contributed by atoms with van der Waals surface area (Å²) in [5.41, 5.74) is 2.30. The summed E-state index contributed by atoms with van der Waals surface area (Å²) < 4.78 is 15.6. The van der Waals surface area contributed by atoms with E-state index in [1.165, 1.54) is 11.9 Å². The van der Waals surface area contributed by atoms with Gasteiger partial charge in [0.05, 0.1) is 27.0 Å². The molecule has 4 rings (SSSR count). The number of anilines is 2. The Morgan fingerprint density at radius 2 is 1.53 bits per heavy atom. The number of nitrogens with zero attached hydrogens (tertiary/aromatic N) is 4. The third kappa shape index (κ3) is 5.76. The van der Waals surface area contributed by atoms with Crippen molar-refractivity contribution in [1.29, 1.82) is 0 Å². The second kappa shape index (κ2) is 11.0. The first kappa shape index (κ1) is 24.2. The quantitative estimate of drug-likeness (QED) is 0.367. The van der Waals surface area contributed by atoms with Gasteiger partial charge in [-0.25, -0.2) is 0 Å². The maximum Gasteiger partial charge on any atom is 0.255 e. The van der Waals surface area contributed by atoms with Crippen LogP contribution in [0.5, 0.6) is 17.2 Å². The monoisotopic (exact) mass is 488 g/mol. The predicted molar refractivity (Wildman–Crippen MR) is 132 cm³/mol. The van der Waals surface area contributed by atoms with Gasteiger partial charge >= 0.3 is 0 Å². The minimum Gasteiger partial charge on any atom is -0.497 e.